The quantitative estimate of drug-likeness (QED) is 0.814. The molecule has 2 aromatic rings. The summed E-state index contributed by atoms with van der Waals surface area (Å²) in [5, 5.41) is 4.31. The molecule has 0 radical (unpaired) electrons. The summed E-state index contributed by atoms with van der Waals surface area (Å²) in [6.07, 6.45) is 2.59. The van der Waals surface area contributed by atoms with E-state index < -0.39 is 10.0 Å². The Kier molecular flexibility index (Phi) is 5.17. The molecule has 0 unspecified atom stereocenters. The van der Waals surface area contributed by atoms with Gasteiger partial charge in [0.2, 0.25) is 10.0 Å². The number of aromatic nitrogens is 2. The number of nitrogens with zero attached hydrogens (tertiary/aromatic N) is 2. The molecule has 1 aliphatic rings. The van der Waals surface area contributed by atoms with Gasteiger partial charge in [0.05, 0.1) is 32.6 Å². The zero-order valence-electron chi connectivity index (χ0n) is 13.6. The van der Waals surface area contributed by atoms with Crippen molar-refractivity contribution in [3.05, 3.63) is 41.7 Å². The Morgan fingerprint density at radius 2 is 2.21 bits per heavy atom. The van der Waals surface area contributed by atoms with Crippen molar-refractivity contribution in [3.63, 3.8) is 0 Å². The van der Waals surface area contributed by atoms with Gasteiger partial charge >= 0.3 is 0 Å². The second-order valence-electron chi connectivity index (χ2n) is 5.42. The molecule has 1 aromatic carbocycles. The number of sulfonamides is 1. The summed E-state index contributed by atoms with van der Waals surface area (Å²) in [7, 11) is -3.63. The van der Waals surface area contributed by atoms with Crippen LogP contribution in [0.15, 0.2) is 35.4 Å². The smallest absolute Gasteiger partial charge is 0.244 e. The third-order valence-corrected chi connectivity index (χ3v) is 5.33. The first-order chi connectivity index (χ1) is 11.6. The molecule has 3 rings (SSSR count). The molecular weight excluding hydrogens is 330 g/mol. The van der Waals surface area contributed by atoms with Gasteiger partial charge in [0.15, 0.2) is 0 Å². The molecule has 0 bridgehead atoms. The maximum absolute atomic E-state index is 12.5. The van der Waals surface area contributed by atoms with E-state index in [1.807, 2.05) is 11.6 Å². The highest BCUT2D eigenvalue weighted by Gasteiger charge is 2.20. The number of hydrogen-bond acceptors (Lipinski definition) is 5. The Bertz CT molecular complexity index is 801. The SMILES string of the molecule is CCOc1ccccc1S(=O)(=O)NCCn1ncc2c1CCOC2. The van der Waals surface area contributed by atoms with E-state index in [0.29, 0.717) is 32.1 Å². The van der Waals surface area contributed by atoms with E-state index >= 15 is 0 Å². The fraction of sp³-hybridized carbons (Fsp3) is 0.438. The predicted octanol–water partition coefficient (Wildman–Crippen LogP) is 1.33. The Morgan fingerprint density at radius 3 is 3.04 bits per heavy atom. The van der Waals surface area contributed by atoms with Crippen molar-refractivity contribution >= 4 is 10.0 Å². The summed E-state index contributed by atoms with van der Waals surface area (Å²) in [6.45, 7) is 4.22. The lowest BCUT2D eigenvalue weighted by Crippen LogP contribution is -2.29. The van der Waals surface area contributed by atoms with Crippen LogP contribution in [0.2, 0.25) is 0 Å². The highest BCUT2D eigenvalue weighted by molar-refractivity contribution is 7.89. The first kappa shape index (κ1) is 16.9. The zero-order chi connectivity index (χ0) is 17.0. The number of rotatable bonds is 7. The largest absolute Gasteiger partial charge is 0.492 e. The Hall–Kier alpha value is -1.90. The minimum absolute atomic E-state index is 0.155. The molecule has 0 atom stereocenters. The Labute approximate surface area is 141 Å². The van der Waals surface area contributed by atoms with E-state index in [1.54, 1.807) is 30.5 Å². The van der Waals surface area contributed by atoms with Crippen LogP contribution in [0.3, 0.4) is 0 Å². The van der Waals surface area contributed by atoms with E-state index in [-0.39, 0.29) is 11.4 Å². The standard InChI is InChI=1S/C16H21N3O4S/c1-2-23-15-5-3-4-6-16(15)24(20,21)18-8-9-19-14-7-10-22-12-13(14)11-17-19/h3-6,11,18H,2,7-10,12H2,1H3. The fourth-order valence-corrected chi connectivity index (χ4v) is 3.88. The number of ether oxygens (including phenoxy) is 2. The number of fused-ring (bicyclic) bond motifs is 1. The van der Waals surface area contributed by atoms with Gasteiger partial charge in [0.1, 0.15) is 10.6 Å². The van der Waals surface area contributed by atoms with Crippen LogP contribution in [0.1, 0.15) is 18.2 Å². The Balaban J connectivity index is 1.67. The van der Waals surface area contributed by atoms with Crippen molar-refractivity contribution in [3.8, 4) is 5.75 Å². The summed E-state index contributed by atoms with van der Waals surface area (Å²) in [5.74, 6) is 0.362. The van der Waals surface area contributed by atoms with Crippen LogP contribution >= 0.6 is 0 Å². The molecule has 1 aliphatic heterocycles. The zero-order valence-corrected chi connectivity index (χ0v) is 14.4. The van der Waals surface area contributed by atoms with Gasteiger partial charge in [-0.2, -0.15) is 5.10 Å². The molecule has 130 valence electrons. The molecule has 24 heavy (non-hydrogen) atoms. The third kappa shape index (κ3) is 3.61. The van der Waals surface area contributed by atoms with Crippen LogP contribution in [0.5, 0.6) is 5.75 Å². The van der Waals surface area contributed by atoms with Gasteiger partial charge in [-0.05, 0) is 19.1 Å². The van der Waals surface area contributed by atoms with Crippen LogP contribution in [0.25, 0.3) is 0 Å². The summed E-state index contributed by atoms with van der Waals surface area (Å²) in [5.41, 5.74) is 2.20. The van der Waals surface area contributed by atoms with E-state index in [1.165, 1.54) is 0 Å². The number of benzene rings is 1. The van der Waals surface area contributed by atoms with Crippen molar-refractivity contribution < 1.29 is 17.9 Å². The lowest BCUT2D eigenvalue weighted by Gasteiger charge is -2.15. The second-order valence-corrected chi connectivity index (χ2v) is 7.16. The first-order valence-electron chi connectivity index (χ1n) is 7.94. The molecule has 0 amide bonds. The minimum Gasteiger partial charge on any atom is -0.492 e. The Morgan fingerprint density at radius 1 is 1.38 bits per heavy atom. The van der Waals surface area contributed by atoms with E-state index in [0.717, 1.165) is 17.7 Å². The van der Waals surface area contributed by atoms with Gasteiger partial charge in [0.25, 0.3) is 0 Å². The van der Waals surface area contributed by atoms with Gasteiger partial charge in [-0.15, -0.1) is 0 Å². The van der Waals surface area contributed by atoms with Crippen LogP contribution in [0, 0.1) is 0 Å². The van der Waals surface area contributed by atoms with Crippen LogP contribution in [0.4, 0.5) is 0 Å². The highest BCUT2D eigenvalue weighted by Crippen LogP contribution is 2.23. The van der Waals surface area contributed by atoms with Crippen molar-refractivity contribution in [1.29, 1.82) is 0 Å². The average Bonchev–Trinajstić information content (AvgIpc) is 2.99. The highest BCUT2D eigenvalue weighted by atomic mass is 32.2. The van der Waals surface area contributed by atoms with Crippen molar-refractivity contribution in [2.24, 2.45) is 0 Å². The molecular formula is C16H21N3O4S. The van der Waals surface area contributed by atoms with E-state index in [9.17, 15) is 8.42 Å². The molecule has 8 heteroatoms. The van der Waals surface area contributed by atoms with Gasteiger partial charge in [-0.3, -0.25) is 4.68 Å². The number of nitrogens with one attached hydrogen (secondary N) is 1. The normalized spacial score (nSPS) is 14.4. The fourth-order valence-electron chi connectivity index (χ4n) is 2.71. The summed E-state index contributed by atoms with van der Waals surface area (Å²) < 4.78 is 40.3. The third-order valence-electron chi connectivity index (χ3n) is 3.83. The molecule has 0 saturated heterocycles. The molecule has 0 spiro atoms. The topological polar surface area (TPSA) is 82.5 Å². The van der Waals surface area contributed by atoms with Crippen molar-refractivity contribution in [2.45, 2.75) is 31.4 Å². The van der Waals surface area contributed by atoms with Gasteiger partial charge < -0.3 is 9.47 Å². The number of hydrogen-bond donors (Lipinski definition) is 1. The lowest BCUT2D eigenvalue weighted by molar-refractivity contribution is 0.109. The molecule has 1 aromatic heterocycles. The van der Waals surface area contributed by atoms with Crippen molar-refractivity contribution in [1.82, 2.24) is 14.5 Å². The maximum atomic E-state index is 12.5. The maximum Gasteiger partial charge on any atom is 0.244 e. The molecule has 7 nitrogen and oxygen atoms in total. The number of para-hydroxylation sites is 1. The summed E-state index contributed by atoms with van der Waals surface area (Å²) in [6, 6.07) is 6.63. The molecule has 2 heterocycles. The van der Waals surface area contributed by atoms with Gasteiger partial charge in [-0.1, -0.05) is 12.1 Å². The monoisotopic (exact) mass is 351 g/mol. The molecule has 1 N–H and O–H groups in total. The molecule has 0 fully saturated rings. The van der Waals surface area contributed by atoms with Gasteiger partial charge in [-0.25, -0.2) is 13.1 Å². The second kappa shape index (κ2) is 7.33. The average molecular weight is 351 g/mol. The van der Waals surface area contributed by atoms with Crippen LogP contribution in [-0.2, 0) is 34.3 Å². The predicted molar refractivity (Wildman–Crippen MR) is 88.4 cm³/mol. The van der Waals surface area contributed by atoms with E-state index in [4.69, 9.17) is 9.47 Å². The van der Waals surface area contributed by atoms with Crippen molar-refractivity contribution in [2.75, 3.05) is 19.8 Å². The van der Waals surface area contributed by atoms with Crippen LogP contribution in [-0.4, -0.2) is 38.0 Å². The van der Waals surface area contributed by atoms with Gasteiger partial charge in [0, 0.05) is 24.2 Å². The van der Waals surface area contributed by atoms with E-state index in [2.05, 4.69) is 9.82 Å². The lowest BCUT2D eigenvalue weighted by atomic mass is 10.2. The van der Waals surface area contributed by atoms with Crippen LogP contribution < -0.4 is 9.46 Å². The summed E-state index contributed by atoms with van der Waals surface area (Å²) in [4.78, 5) is 0.155. The summed E-state index contributed by atoms with van der Waals surface area (Å²) >= 11 is 0. The first-order valence-corrected chi connectivity index (χ1v) is 9.43. The molecule has 0 aliphatic carbocycles. The minimum atomic E-state index is -3.63. The molecule has 0 saturated carbocycles.